The standard InChI is InChI=1S/C27H27FO11/c1-9-20(30)25(35)19(28)26(38-9)39-14-8-27(36,10(2)29)7-12-16(14)24(34)18-17(22(12)32)21(31)11-5-4-6-13(37-3)15(11)23(18)33/h4-6,9,14,19-20,25-26,30,32,34-36H,7-8H2,1-3H3/t9-,14-,19+,20+,25-,26-,27-/m0/s1. The van der Waals surface area contributed by atoms with Crippen molar-refractivity contribution in [3.05, 3.63) is 51.6 Å². The molecule has 0 radical (unpaired) electrons. The van der Waals surface area contributed by atoms with Crippen molar-refractivity contribution in [3.8, 4) is 17.2 Å². The van der Waals surface area contributed by atoms with Crippen molar-refractivity contribution >= 4 is 17.3 Å². The molecule has 2 aromatic rings. The van der Waals surface area contributed by atoms with Gasteiger partial charge in [-0.2, -0.15) is 0 Å². The minimum absolute atomic E-state index is 0.0595. The number of ether oxygens (including phenoxy) is 3. The molecular weight excluding hydrogens is 519 g/mol. The Morgan fingerprint density at radius 3 is 2.38 bits per heavy atom. The zero-order chi connectivity index (χ0) is 28.5. The largest absolute Gasteiger partial charge is 0.507 e. The SMILES string of the molecule is COc1cccc2c1C(=O)c1c(O)c3c(c(O)c1C2=O)C[C@@](O)(C(C)=O)C[C@@H]3O[C@@H]1O[C@@H](C)[C@@H](O)[C@@H](O)[C@H]1F. The number of benzene rings is 2. The Balaban J connectivity index is 1.70. The number of phenolic OH excluding ortho intramolecular Hbond substituents is 2. The number of ketones is 3. The van der Waals surface area contributed by atoms with Gasteiger partial charge < -0.3 is 39.7 Å². The van der Waals surface area contributed by atoms with Crippen molar-refractivity contribution in [3.63, 3.8) is 0 Å². The minimum Gasteiger partial charge on any atom is -0.507 e. The number of Topliss-reactive ketones (excluding diaryl/α,β-unsaturated/α-hetero) is 1. The lowest BCUT2D eigenvalue weighted by molar-refractivity contribution is -0.294. The first-order chi connectivity index (χ1) is 18.3. The summed E-state index contributed by atoms with van der Waals surface area (Å²) in [5, 5.41) is 53.9. The van der Waals surface area contributed by atoms with Crippen LogP contribution in [0.5, 0.6) is 17.2 Å². The number of alkyl halides is 1. The first-order valence-electron chi connectivity index (χ1n) is 12.2. The summed E-state index contributed by atoms with van der Waals surface area (Å²) in [6.45, 7) is 2.46. The number of carbonyl (C=O) groups excluding carboxylic acids is 3. The van der Waals surface area contributed by atoms with Gasteiger partial charge in [0.1, 0.15) is 35.1 Å². The number of phenols is 2. The maximum atomic E-state index is 14.9. The van der Waals surface area contributed by atoms with E-state index in [-0.39, 0.29) is 28.0 Å². The van der Waals surface area contributed by atoms with Crippen LogP contribution in [0.15, 0.2) is 18.2 Å². The van der Waals surface area contributed by atoms with E-state index in [2.05, 4.69) is 0 Å². The normalized spacial score (nSPS) is 31.8. The predicted octanol–water partition coefficient (Wildman–Crippen LogP) is 1.01. The Morgan fingerprint density at radius 1 is 1.08 bits per heavy atom. The number of hydrogen-bond donors (Lipinski definition) is 5. The topological polar surface area (TPSA) is 180 Å². The molecule has 0 spiro atoms. The number of aromatic hydroxyl groups is 2. The fourth-order valence-electron chi connectivity index (χ4n) is 5.57. The average Bonchev–Trinajstić information content (AvgIpc) is 2.90. The summed E-state index contributed by atoms with van der Waals surface area (Å²) in [5.41, 5.74) is -3.93. The van der Waals surface area contributed by atoms with E-state index < -0.39 is 95.3 Å². The highest BCUT2D eigenvalue weighted by Gasteiger charge is 2.51. The molecule has 2 aliphatic carbocycles. The summed E-state index contributed by atoms with van der Waals surface area (Å²) in [6, 6.07) is 4.29. The van der Waals surface area contributed by atoms with Gasteiger partial charge in [-0.1, -0.05) is 12.1 Å². The fraction of sp³-hybridized carbons (Fsp3) is 0.444. The van der Waals surface area contributed by atoms with Crippen LogP contribution in [0.2, 0.25) is 0 Å². The van der Waals surface area contributed by atoms with Crippen LogP contribution in [0.3, 0.4) is 0 Å². The third kappa shape index (κ3) is 3.94. The molecule has 11 nitrogen and oxygen atoms in total. The Morgan fingerprint density at radius 2 is 1.74 bits per heavy atom. The van der Waals surface area contributed by atoms with E-state index >= 15 is 0 Å². The predicted molar refractivity (Wildman–Crippen MR) is 129 cm³/mol. The molecule has 2 aromatic carbocycles. The van der Waals surface area contributed by atoms with Gasteiger partial charge in [-0.05, 0) is 19.9 Å². The highest BCUT2D eigenvalue weighted by Crippen LogP contribution is 2.52. The van der Waals surface area contributed by atoms with Crippen LogP contribution in [-0.4, -0.2) is 86.4 Å². The molecule has 208 valence electrons. The van der Waals surface area contributed by atoms with Gasteiger partial charge in [0.05, 0.1) is 36.0 Å². The molecular formula is C27H27FO11. The smallest absolute Gasteiger partial charge is 0.202 e. The molecule has 0 amide bonds. The summed E-state index contributed by atoms with van der Waals surface area (Å²) in [6.07, 6.45) is -11.2. The number of carbonyl (C=O) groups is 3. The van der Waals surface area contributed by atoms with Crippen LogP contribution >= 0.6 is 0 Å². The zero-order valence-electron chi connectivity index (χ0n) is 21.2. The molecule has 3 aliphatic rings. The third-order valence-corrected chi connectivity index (χ3v) is 7.80. The summed E-state index contributed by atoms with van der Waals surface area (Å²) in [5.74, 6) is -3.81. The van der Waals surface area contributed by atoms with Crippen molar-refractivity contribution < 1.29 is 58.5 Å². The van der Waals surface area contributed by atoms with Crippen molar-refractivity contribution in [2.75, 3.05) is 7.11 Å². The number of rotatable bonds is 4. The Hall–Kier alpha value is -3.42. The molecule has 5 rings (SSSR count). The lowest BCUT2D eigenvalue weighted by atomic mass is 9.72. The first-order valence-corrected chi connectivity index (χ1v) is 12.2. The van der Waals surface area contributed by atoms with E-state index in [9.17, 15) is 44.3 Å². The quantitative estimate of drug-likeness (QED) is 0.295. The highest BCUT2D eigenvalue weighted by molar-refractivity contribution is 6.31. The molecule has 7 atom stereocenters. The molecule has 1 heterocycles. The van der Waals surface area contributed by atoms with Gasteiger partial charge in [-0.3, -0.25) is 14.4 Å². The van der Waals surface area contributed by atoms with Gasteiger partial charge in [0.2, 0.25) is 5.78 Å². The van der Waals surface area contributed by atoms with Gasteiger partial charge in [0.15, 0.2) is 24.0 Å². The van der Waals surface area contributed by atoms with Gasteiger partial charge in [0.25, 0.3) is 0 Å². The number of methoxy groups -OCH3 is 1. The molecule has 5 N–H and O–H groups in total. The van der Waals surface area contributed by atoms with Crippen molar-refractivity contribution in [1.29, 1.82) is 0 Å². The Bertz CT molecular complexity index is 1400. The third-order valence-electron chi connectivity index (χ3n) is 7.80. The molecule has 39 heavy (non-hydrogen) atoms. The second-order valence-corrected chi connectivity index (χ2v) is 10.1. The minimum atomic E-state index is -2.26. The van der Waals surface area contributed by atoms with Gasteiger partial charge in [-0.15, -0.1) is 0 Å². The molecule has 0 unspecified atom stereocenters. The number of hydrogen-bond acceptors (Lipinski definition) is 11. The number of aliphatic hydroxyl groups excluding tert-OH is 2. The molecule has 1 fully saturated rings. The maximum absolute atomic E-state index is 14.9. The maximum Gasteiger partial charge on any atom is 0.202 e. The molecule has 1 saturated heterocycles. The number of halogens is 1. The van der Waals surface area contributed by atoms with Crippen LogP contribution in [0.4, 0.5) is 4.39 Å². The monoisotopic (exact) mass is 546 g/mol. The van der Waals surface area contributed by atoms with Gasteiger partial charge in [0, 0.05) is 29.5 Å². The molecule has 12 heteroatoms. The lowest BCUT2D eigenvalue weighted by Gasteiger charge is -2.42. The Kier molecular flexibility index (Phi) is 6.51. The highest BCUT2D eigenvalue weighted by atomic mass is 19.1. The summed E-state index contributed by atoms with van der Waals surface area (Å²) >= 11 is 0. The molecule has 1 aliphatic heterocycles. The first kappa shape index (κ1) is 27.2. The second-order valence-electron chi connectivity index (χ2n) is 10.1. The molecule has 0 saturated carbocycles. The van der Waals surface area contributed by atoms with Crippen LogP contribution in [-0.2, 0) is 20.7 Å². The van der Waals surface area contributed by atoms with E-state index in [1.807, 2.05) is 0 Å². The van der Waals surface area contributed by atoms with Crippen LogP contribution in [0.25, 0.3) is 0 Å². The van der Waals surface area contributed by atoms with Crippen molar-refractivity contribution in [2.45, 2.75) is 69.2 Å². The van der Waals surface area contributed by atoms with E-state index in [0.29, 0.717) is 0 Å². The van der Waals surface area contributed by atoms with Crippen LogP contribution < -0.4 is 4.74 Å². The second kappa shape index (κ2) is 9.35. The van der Waals surface area contributed by atoms with E-state index in [0.717, 1.165) is 6.92 Å². The zero-order valence-corrected chi connectivity index (χ0v) is 21.2. The van der Waals surface area contributed by atoms with E-state index in [4.69, 9.17) is 14.2 Å². The summed E-state index contributed by atoms with van der Waals surface area (Å²) in [4.78, 5) is 39.5. The van der Waals surface area contributed by atoms with E-state index in [1.54, 1.807) is 0 Å². The van der Waals surface area contributed by atoms with Crippen molar-refractivity contribution in [2.24, 2.45) is 0 Å². The average molecular weight is 547 g/mol. The number of aliphatic hydroxyl groups is 3. The van der Waals surface area contributed by atoms with Gasteiger partial charge in [-0.25, -0.2) is 4.39 Å². The lowest BCUT2D eigenvalue weighted by Crippen LogP contribution is -2.56. The summed E-state index contributed by atoms with van der Waals surface area (Å²) < 4.78 is 31.3. The number of fused-ring (bicyclic) bond motifs is 3. The van der Waals surface area contributed by atoms with Crippen LogP contribution in [0, 0.1) is 0 Å². The van der Waals surface area contributed by atoms with Gasteiger partial charge >= 0.3 is 0 Å². The Labute approximate surface area is 221 Å². The fourth-order valence-corrected chi connectivity index (χ4v) is 5.57. The molecule has 0 bridgehead atoms. The molecule has 0 aromatic heterocycles. The summed E-state index contributed by atoms with van der Waals surface area (Å²) in [7, 11) is 1.30. The van der Waals surface area contributed by atoms with E-state index in [1.165, 1.54) is 32.2 Å². The van der Waals surface area contributed by atoms with Crippen LogP contribution in [0.1, 0.15) is 69.3 Å². The van der Waals surface area contributed by atoms with Crippen molar-refractivity contribution in [1.82, 2.24) is 0 Å².